The van der Waals surface area contributed by atoms with Gasteiger partial charge in [0.2, 0.25) is 0 Å². The topological polar surface area (TPSA) is 45.3 Å². The quantitative estimate of drug-likeness (QED) is 0.886. The van der Waals surface area contributed by atoms with Gasteiger partial charge < -0.3 is 14.6 Å². The predicted octanol–water partition coefficient (Wildman–Crippen LogP) is 3.08. The zero-order valence-electron chi connectivity index (χ0n) is 13.8. The van der Waals surface area contributed by atoms with Crippen LogP contribution >= 0.6 is 0 Å². The van der Waals surface area contributed by atoms with E-state index in [4.69, 9.17) is 4.74 Å². The fourth-order valence-corrected chi connectivity index (χ4v) is 4.63. The number of aromatic nitrogens is 1. The fraction of sp³-hybridized carbons (Fsp3) is 0.526. The van der Waals surface area contributed by atoms with Crippen LogP contribution in [0.4, 0.5) is 0 Å². The summed E-state index contributed by atoms with van der Waals surface area (Å²) in [6.07, 6.45) is 5.48. The van der Waals surface area contributed by atoms with Crippen LogP contribution in [0.2, 0.25) is 0 Å². The molecule has 2 aromatic rings. The summed E-state index contributed by atoms with van der Waals surface area (Å²) in [7, 11) is 2.24. The Morgan fingerprint density at radius 2 is 2.30 bits per heavy atom. The van der Waals surface area contributed by atoms with Gasteiger partial charge in [0.15, 0.2) is 0 Å². The molecule has 4 nitrogen and oxygen atoms in total. The Balaban J connectivity index is 1.59. The molecular formula is C19H24N2O2. The molecule has 0 spiro atoms. The molecule has 0 amide bonds. The van der Waals surface area contributed by atoms with Crippen LogP contribution in [-0.4, -0.2) is 42.1 Å². The van der Waals surface area contributed by atoms with Gasteiger partial charge in [-0.05, 0) is 49.4 Å². The number of likely N-dealkylation sites (tertiary alicyclic amines) is 1. The van der Waals surface area contributed by atoms with Crippen molar-refractivity contribution in [1.29, 1.82) is 0 Å². The predicted molar refractivity (Wildman–Crippen MR) is 90.5 cm³/mol. The van der Waals surface area contributed by atoms with E-state index in [1.54, 1.807) is 0 Å². The van der Waals surface area contributed by atoms with Crippen molar-refractivity contribution in [3.8, 4) is 0 Å². The molecule has 3 atom stereocenters. The molecule has 1 aromatic carbocycles. The average Bonchev–Trinajstić information content (AvgIpc) is 2.93. The molecule has 4 rings (SSSR count). The summed E-state index contributed by atoms with van der Waals surface area (Å²) < 4.78 is 5.15. The summed E-state index contributed by atoms with van der Waals surface area (Å²) in [6.45, 7) is 3.13. The van der Waals surface area contributed by atoms with Gasteiger partial charge in [-0.2, -0.15) is 0 Å². The molecule has 0 bridgehead atoms. The molecule has 0 radical (unpaired) electrons. The van der Waals surface area contributed by atoms with Crippen LogP contribution in [0, 0.1) is 5.92 Å². The molecular weight excluding hydrogens is 288 g/mol. The van der Waals surface area contributed by atoms with E-state index in [1.807, 2.05) is 0 Å². The maximum Gasteiger partial charge on any atom is 0.302 e. The Morgan fingerprint density at radius 3 is 3.13 bits per heavy atom. The first-order valence-electron chi connectivity index (χ1n) is 8.56. The van der Waals surface area contributed by atoms with Gasteiger partial charge in [-0.3, -0.25) is 4.79 Å². The lowest BCUT2D eigenvalue weighted by Gasteiger charge is -2.45. The van der Waals surface area contributed by atoms with E-state index in [-0.39, 0.29) is 5.97 Å². The number of hydrogen-bond donors (Lipinski definition) is 1. The number of fused-ring (bicyclic) bond motifs is 2. The van der Waals surface area contributed by atoms with Crippen molar-refractivity contribution in [3.05, 3.63) is 35.5 Å². The second kappa shape index (κ2) is 5.68. The van der Waals surface area contributed by atoms with Crippen molar-refractivity contribution in [1.82, 2.24) is 9.88 Å². The maximum absolute atomic E-state index is 11.0. The lowest BCUT2D eigenvalue weighted by atomic mass is 9.72. The molecule has 1 N–H and O–H groups in total. The van der Waals surface area contributed by atoms with Gasteiger partial charge in [-0.25, -0.2) is 0 Å². The molecule has 4 heteroatoms. The zero-order chi connectivity index (χ0) is 16.0. The van der Waals surface area contributed by atoms with Gasteiger partial charge in [0.05, 0.1) is 6.61 Å². The second-order valence-electron chi connectivity index (χ2n) is 7.13. The highest BCUT2D eigenvalue weighted by molar-refractivity contribution is 5.88. The van der Waals surface area contributed by atoms with Crippen LogP contribution in [0.1, 0.15) is 36.8 Å². The van der Waals surface area contributed by atoms with E-state index in [0.29, 0.717) is 24.5 Å². The normalized spacial score (nSPS) is 27.0. The van der Waals surface area contributed by atoms with Gasteiger partial charge in [-0.15, -0.1) is 0 Å². The number of ether oxygens (including phenoxy) is 1. The highest BCUT2D eigenvalue weighted by atomic mass is 16.5. The number of rotatable bonds is 3. The number of hydrogen-bond acceptors (Lipinski definition) is 3. The summed E-state index contributed by atoms with van der Waals surface area (Å²) in [4.78, 5) is 16.9. The number of H-pyrrole nitrogens is 1. The molecule has 0 saturated carbocycles. The van der Waals surface area contributed by atoms with Crippen molar-refractivity contribution in [2.45, 2.75) is 38.1 Å². The number of carbonyl (C=O) groups is 1. The first-order valence-corrected chi connectivity index (χ1v) is 8.56. The van der Waals surface area contributed by atoms with Gasteiger partial charge >= 0.3 is 5.97 Å². The molecule has 1 aliphatic carbocycles. The Kier molecular flexibility index (Phi) is 3.64. The van der Waals surface area contributed by atoms with Crippen molar-refractivity contribution in [2.75, 3.05) is 20.2 Å². The second-order valence-corrected chi connectivity index (χ2v) is 7.13. The number of piperidine rings is 1. The van der Waals surface area contributed by atoms with Crippen LogP contribution in [0.15, 0.2) is 24.4 Å². The lowest BCUT2D eigenvalue weighted by molar-refractivity contribution is -0.141. The highest BCUT2D eigenvalue weighted by Gasteiger charge is 2.39. The minimum absolute atomic E-state index is 0.175. The number of nitrogens with zero attached hydrogens (tertiary/aromatic N) is 1. The Labute approximate surface area is 136 Å². The zero-order valence-corrected chi connectivity index (χ0v) is 13.8. The summed E-state index contributed by atoms with van der Waals surface area (Å²) in [6, 6.07) is 7.24. The highest BCUT2D eigenvalue weighted by Crippen LogP contribution is 2.44. The van der Waals surface area contributed by atoms with Crippen molar-refractivity contribution in [2.24, 2.45) is 5.92 Å². The van der Waals surface area contributed by atoms with Gasteiger partial charge in [0.25, 0.3) is 0 Å². The first-order chi connectivity index (χ1) is 11.1. The van der Waals surface area contributed by atoms with Gasteiger partial charge in [-0.1, -0.05) is 12.1 Å². The van der Waals surface area contributed by atoms with E-state index in [0.717, 1.165) is 19.4 Å². The number of aromatic amines is 1. The Bertz CT molecular complexity index is 736. The third-order valence-electron chi connectivity index (χ3n) is 5.64. The largest absolute Gasteiger partial charge is 0.466 e. The number of likely N-dealkylation sites (N-methyl/N-ethyl adjacent to an activating group) is 1. The minimum Gasteiger partial charge on any atom is -0.466 e. The first kappa shape index (κ1) is 14.8. The minimum atomic E-state index is -0.175. The summed E-state index contributed by atoms with van der Waals surface area (Å²) in [5, 5.41) is 1.45. The lowest BCUT2D eigenvalue weighted by Crippen LogP contribution is -2.48. The van der Waals surface area contributed by atoms with E-state index in [9.17, 15) is 4.79 Å². The summed E-state index contributed by atoms with van der Waals surface area (Å²) in [5.41, 5.74) is 4.22. The molecule has 2 aliphatic rings. The van der Waals surface area contributed by atoms with Gasteiger partial charge in [0.1, 0.15) is 0 Å². The SMILES string of the molecule is CC(=O)OCC[C@@H]1C[C@@H]2c3cccc4[nH]cc(c34)C[C@H]2N(C)C1. The van der Waals surface area contributed by atoms with Crippen LogP contribution < -0.4 is 0 Å². The maximum atomic E-state index is 11.0. The molecule has 1 fully saturated rings. The molecule has 122 valence electrons. The Hall–Kier alpha value is -1.81. The van der Waals surface area contributed by atoms with Crippen LogP contribution in [0.5, 0.6) is 0 Å². The van der Waals surface area contributed by atoms with Gasteiger partial charge in [0, 0.05) is 42.5 Å². The van der Waals surface area contributed by atoms with E-state index in [1.165, 1.54) is 35.4 Å². The molecule has 0 unspecified atom stereocenters. The fourth-order valence-electron chi connectivity index (χ4n) is 4.63. The van der Waals surface area contributed by atoms with E-state index >= 15 is 0 Å². The average molecular weight is 312 g/mol. The van der Waals surface area contributed by atoms with Crippen molar-refractivity contribution < 1.29 is 9.53 Å². The van der Waals surface area contributed by atoms with E-state index in [2.05, 4.69) is 41.3 Å². The third kappa shape index (κ3) is 2.55. The monoisotopic (exact) mass is 312 g/mol. The molecule has 23 heavy (non-hydrogen) atoms. The number of nitrogens with one attached hydrogen (secondary N) is 1. The molecule has 2 heterocycles. The summed E-state index contributed by atoms with van der Waals surface area (Å²) >= 11 is 0. The molecule has 1 aliphatic heterocycles. The number of carbonyl (C=O) groups excluding carboxylic acids is 1. The molecule has 1 aromatic heterocycles. The number of esters is 1. The smallest absolute Gasteiger partial charge is 0.302 e. The van der Waals surface area contributed by atoms with Crippen LogP contribution in [0.25, 0.3) is 10.9 Å². The third-order valence-corrected chi connectivity index (χ3v) is 5.64. The van der Waals surface area contributed by atoms with Crippen LogP contribution in [-0.2, 0) is 16.0 Å². The Morgan fingerprint density at radius 1 is 1.43 bits per heavy atom. The molecule has 1 saturated heterocycles. The summed E-state index contributed by atoms with van der Waals surface area (Å²) in [5.74, 6) is 1.01. The van der Waals surface area contributed by atoms with Crippen molar-refractivity contribution >= 4 is 16.9 Å². The standard InChI is InChI=1S/C19H24N2O2/c1-12(22)23-7-6-13-8-16-15-4-3-5-17-19(15)14(10-20-17)9-18(16)21(2)11-13/h3-5,10,13,16,18,20H,6-9,11H2,1-2H3/t13-,16-,18-/m1/s1. The van der Waals surface area contributed by atoms with Crippen molar-refractivity contribution in [3.63, 3.8) is 0 Å². The number of benzene rings is 1. The van der Waals surface area contributed by atoms with Crippen LogP contribution in [0.3, 0.4) is 0 Å². The van der Waals surface area contributed by atoms with E-state index < -0.39 is 0 Å².